The lowest BCUT2D eigenvalue weighted by Gasteiger charge is -2.12. The van der Waals surface area contributed by atoms with E-state index in [1.54, 1.807) is 30.5 Å². The highest BCUT2D eigenvalue weighted by molar-refractivity contribution is 7.92. The predicted octanol–water partition coefficient (Wildman–Crippen LogP) is 4.12. The van der Waals surface area contributed by atoms with Crippen molar-refractivity contribution < 1.29 is 13.2 Å². The van der Waals surface area contributed by atoms with Crippen molar-refractivity contribution in [2.45, 2.75) is 18.4 Å². The Morgan fingerprint density at radius 1 is 1.09 bits per heavy atom. The Kier molecular flexibility index (Phi) is 6.36. The minimum atomic E-state index is -4.00. The van der Waals surface area contributed by atoms with Crippen LogP contribution < -0.4 is 15.4 Å². The number of benzene rings is 3. The average molecular weight is 474 g/mol. The molecule has 0 atom stereocenters. The Morgan fingerprint density at radius 3 is 2.65 bits per heavy atom. The number of rotatable bonds is 7. The van der Waals surface area contributed by atoms with Crippen LogP contribution in [0, 0.1) is 18.3 Å². The van der Waals surface area contributed by atoms with E-state index in [-0.39, 0.29) is 10.5 Å². The number of nitrogens with zero attached hydrogens (tertiary/aromatic N) is 1. The van der Waals surface area contributed by atoms with Crippen molar-refractivity contribution in [3.8, 4) is 6.07 Å². The van der Waals surface area contributed by atoms with Crippen LogP contribution in [0.2, 0.25) is 0 Å². The van der Waals surface area contributed by atoms with Gasteiger partial charge in [-0.15, -0.1) is 0 Å². The Balaban J connectivity index is 1.60. The van der Waals surface area contributed by atoms with E-state index in [2.05, 4.69) is 26.4 Å². The summed E-state index contributed by atoms with van der Waals surface area (Å²) in [7, 11) is -2.16. The van der Waals surface area contributed by atoms with Gasteiger partial charge < -0.3 is 15.6 Å². The first kappa shape index (κ1) is 23.0. The van der Waals surface area contributed by atoms with E-state index in [1.807, 2.05) is 32.2 Å². The lowest BCUT2D eigenvalue weighted by atomic mass is 10.1. The molecule has 0 saturated heterocycles. The van der Waals surface area contributed by atoms with Crippen molar-refractivity contribution in [1.29, 1.82) is 5.26 Å². The van der Waals surface area contributed by atoms with Crippen LogP contribution in [0.25, 0.3) is 10.9 Å². The summed E-state index contributed by atoms with van der Waals surface area (Å²) in [6.45, 7) is 2.51. The summed E-state index contributed by atoms with van der Waals surface area (Å²) >= 11 is 0. The Morgan fingerprint density at radius 2 is 1.88 bits per heavy atom. The van der Waals surface area contributed by atoms with Gasteiger partial charge in [0.25, 0.3) is 15.9 Å². The monoisotopic (exact) mass is 473 g/mol. The Bertz CT molecular complexity index is 1530. The van der Waals surface area contributed by atoms with E-state index in [9.17, 15) is 18.5 Å². The number of carbonyl (C=O) groups excluding carboxylic acids is 1. The zero-order chi connectivity index (χ0) is 24.3. The van der Waals surface area contributed by atoms with Gasteiger partial charge in [-0.05, 0) is 61.5 Å². The molecule has 0 bridgehead atoms. The summed E-state index contributed by atoms with van der Waals surface area (Å²) in [4.78, 5) is 15.7. The number of carbonyl (C=O) groups is 1. The molecule has 172 valence electrons. The molecule has 4 N–H and O–H groups in total. The highest BCUT2D eigenvalue weighted by atomic mass is 32.2. The molecule has 34 heavy (non-hydrogen) atoms. The third-order valence-corrected chi connectivity index (χ3v) is 6.74. The fraction of sp³-hybridized carbons (Fsp3) is 0.120. The highest BCUT2D eigenvalue weighted by Gasteiger charge is 2.19. The second kappa shape index (κ2) is 9.39. The van der Waals surface area contributed by atoms with Crippen LogP contribution in [-0.4, -0.2) is 26.4 Å². The van der Waals surface area contributed by atoms with E-state index >= 15 is 0 Å². The van der Waals surface area contributed by atoms with Crippen molar-refractivity contribution in [3.05, 3.63) is 89.1 Å². The zero-order valence-electron chi connectivity index (χ0n) is 18.6. The first-order valence-electron chi connectivity index (χ1n) is 10.5. The van der Waals surface area contributed by atoms with Gasteiger partial charge in [0.15, 0.2) is 0 Å². The number of H-pyrrole nitrogens is 1. The quantitative estimate of drug-likeness (QED) is 0.321. The van der Waals surface area contributed by atoms with Crippen LogP contribution in [0.5, 0.6) is 0 Å². The van der Waals surface area contributed by atoms with E-state index in [4.69, 9.17) is 0 Å². The maximum Gasteiger partial charge on any atom is 0.261 e. The van der Waals surface area contributed by atoms with E-state index in [0.29, 0.717) is 34.4 Å². The smallest absolute Gasteiger partial charge is 0.261 e. The number of aromatic nitrogens is 1. The van der Waals surface area contributed by atoms with Crippen LogP contribution in [-0.2, 0) is 16.6 Å². The zero-order valence-corrected chi connectivity index (χ0v) is 19.5. The van der Waals surface area contributed by atoms with Gasteiger partial charge in [-0.25, -0.2) is 8.42 Å². The number of aryl methyl sites for hydroxylation is 1. The Hall–Kier alpha value is -4.13. The number of amides is 1. The molecule has 3 aromatic carbocycles. The third-order valence-electron chi connectivity index (χ3n) is 5.38. The molecule has 1 amide bonds. The third kappa shape index (κ3) is 4.64. The lowest BCUT2D eigenvalue weighted by Crippen LogP contribution is -2.16. The summed E-state index contributed by atoms with van der Waals surface area (Å²) in [5, 5.41) is 15.9. The molecule has 0 radical (unpaired) electrons. The SMILES string of the molecule is CNCc1cccc(NC(=O)c2cccc(S(=O)(=O)Nc3ccc(C)c4c(C#N)c[nH]c34)c2)c1. The molecule has 0 aliphatic rings. The molecule has 0 fully saturated rings. The van der Waals surface area contributed by atoms with Crippen molar-refractivity contribution >= 4 is 38.2 Å². The van der Waals surface area contributed by atoms with Gasteiger partial charge in [0.05, 0.1) is 21.7 Å². The van der Waals surface area contributed by atoms with Gasteiger partial charge in [0.1, 0.15) is 6.07 Å². The van der Waals surface area contributed by atoms with Crippen molar-refractivity contribution in [2.24, 2.45) is 0 Å². The number of nitriles is 1. The van der Waals surface area contributed by atoms with Gasteiger partial charge in [-0.2, -0.15) is 5.26 Å². The molecule has 0 unspecified atom stereocenters. The maximum atomic E-state index is 13.1. The van der Waals surface area contributed by atoms with Crippen molar-refractivity contribution in [2.75, 3.05) is 17.1 Å². The van der Waals surface area contributed by atoms with Gasteiger partial charge in [0, 0.05) is 29.4 Å². The number of nitrogens with one attached hydrogen (secondary N) is 4. The predicted molar refractivity (Wildman–Crippen MR) is 132 cm³/mol. The topological polar surface area (TPSA) is 127 Å². The van der Waals surface area contributed by atoms with Crippen LogP contribution in [0.15, 0.2) is 71.8 Å². The fourth-order valence-corrected chi connectivity index (χ4v) is 4.89. The first-order valence-corrected chi connectivity index (χ1v) is 12.0. The second-order valence-electron chi connectivity index (χ2n) is 7.81. The number of anilines is 2. The number of fused-ring (bicyclic) bond motifs is 1. The lowest BCUT2D eigenvalue weighted by molar-refractivity contribution is 0.102. The summed E-state index contributed by atoms with van der Waals surface area (Å²) in [6.07, 6.45) is 1.55. The number of sulfonamides is 1. The van der Waals surface area contributed by atoms with Crippen molar-refractivity contribution in [1.82, 2.24) is 10.3 Å². The van der Waals surface area contributed by atoms with E-state index < -0.39 is 15.9 Å². The van der Waals surface area contributed by atoms with E-state index in [1.165, 1.54) is 18.2 Å². The molecule has 8 nitrogen and oxygen atoms in total. The van der Waals surface area contributed by atoms with Crippen LogP contribution in [0.4, 0.5) is 11.4 Å². The fourth-order valence-electron chi connectivity index (χ4n) is 3.77. The summed E-state index contributed by atoms with van der Waals surface area (Å²) in [5.74, 6) is -0.417. The van der Waals surface area contributed by atoms with E-state index in [0.717, 1.165) is 11.1 Å². The summed E-state index contributed by atoms with van der Waals surface area (Å²) in [6, 6.07) is 18.7. The minimum absolute atomic E-state index is 0.0510. The maximum absolute atomic E-state index is 13.1. The van der Waals surface area contributed by atoms with Gasteiger partial charge in [-0.1, -0.05) is 24.3 Å². The van der Waals surface area contributed by atoms with Crippen molar-refractivity contribution in [3.63, 3.8) is 0 Å². The second-order valence-corrected chi connectivity index (χ2v) is 9.49. The standard InChI is InChI=1S/C25H23N5O3S/c1-16-9-10-22(24-23(16)19(13-26)15-28-24)30-34(32,33)21-8-4-6-18(12-21)25(31)29-20-7-3-5-17(11-20)14-27-2/h3-12,15,27-28,30H,14H2,1-2H3,(H,29,31). The average Bonchev–Trinajstić information content (AvgIpc) is 3.27. The molecule has 0 aliphatic heterocycles. The molecule has 4 rings (SSSR count). The number of hydrogen-bond donors (Lipinski definition) is 4. The molecule has 0 saturated carbocycles. The molecule has 0 aliphatic carbocycles. The van der Waals surface area contributed by atoms with Gasteiger partial charge in [0.2, 0.25) is 0 Å². The van der Waals surface area contributed by atoms with Crippen LogP contribution in [0.1, 0.15) is 27.0 Å². The normalized spacial score (nSPS) is 11.2. The summed E-state index contributed by atoms with van der Waals surface area (Å²) < 4.78 is 28.8. The first-order chi connectivity index (χ1) is 16.3. The van der Waals surface area contributed by atoms with Crippen LogP contribution >= 0.6 is 0 Å². The minimum Gasteiger partial charge on any atom is -0.358 e. The van der Waals surface area contributed by atoms with Gasteiger partial charge >= 0.3 is 0 Å². The molecule has 4 aromatic rings. The van der Waals surface area contributed by atoms with Gasteiger partial charge in [-0.3, -0.25) is 9.52 Å². The molecule has 1 aromatic heterocycles. The molecule has 1 heterocycles. The number of aromatic amines is 1. The molecular weight excluding hydrogens is 450 g/mol. The highest BCUT2D eigenvalue weighted by Crippen LogP contribution is 2.30. The summed E-state index contributed by atoms with van der Waals surface area (Å²) in [5.41, 5.74) is 3.97. The molecule has 9 heteroatoms. The Labute approximate surface area is 197 Å². The van der Waals surface area contributed by atoms with Crippen LogP contribution in [0.3, 0.4) is 0 Å². The molecule has 0 spiro atoms. The molecular formula is C25H23N5O3S. The largest absolute Gasteiger partial charge is 0.358 e. The number of hydrogen-bond acceptors (Lipinski definition) is 5.